The van der Waals surface area contributed by atoms with Gasteiger partial charge in [0, 0.05) is 30.5 Å². The lowest BCUT2D eigenvalue weighted by atomic mass is 9.93. The maximum atomic E-state index is 10.8. The van der Waals surface area contributed by atoms with Crippen molar-refractivity contribution < 1.29 is 33.5 Å². The van der Waals surface area contributed by atoms with Crippen LogP contribution in [0.1, 0.15) is 96.8 Å². The predicted octanol–water partition coefficient (Wildman–Crippen LogP) is 5.76. The first-order chi connectivity index (χ1) is 18.0. The average Bonchev–Trinajstić information content (AvgIpc) is 3.58. The fraction of sp³-hybridized carbons (Fsp3) is 0.931. The lowest BCUT2D eigenvalue weighted by Gasteiger charge is -2.39. The fourth-order valence-electron chi connectivity index (χ4n) is 7.13. The standard InChI is InChI=1S/C29H47BrO7/c1-21(36-27-12-4-5-14-33-27)8-2-3-10-24(31)23(30)18-26-25(11-7-15-32-26)37-28-13-6-9-22(28)19-29(20-28)34-16-17-35-29/h18,21-22,24-27,31H,2-17,19-20H2,1H3/t21?,22-,24?,25-,26+,27?,28+/m1/s1. The third-order valence-electron chi connectivity index (χ3n) is 9.03. The van der Waals surface area contributed by atoms with Crippen LogP contribution in [0.3, 0.4) is 0 Å². The molecule has 0 bridgehead atoms. The summed E-state index contributed by atoms with van der Waals surface area (Å²) >= 11 is 3.66. The highest BCUT2D eigenvalue weighted by Gasteiger charge is 2.61. The zero-order valence-electron chi connectivity index (χ0n) is 22.5. The highest BCUT2D eigenvalue weighted by Crippen LogP contribution is 2.57. The largest absolute Gasteiger partial charge is 0.388 e. The van der Waals surface area contributed by atoms with Crippen molar-refractivity contribution in [2.75, 3.05) is 26.4 Å². The van der Waals surface area contributed by atoms with E-state index in [0.717, 1.165) is 81.9 Å². The number of fused-ring (bicyclic) bond motifs is 1. The van der Waals surface area contributed by atoms with Crippen LogP contribution < -0.4 is 0 Å². The molecule has 37 heavy (non-hydrogen) atoms. The molecule has 3 heterocycles. The van der Waals surface area contributed by atoms with E-state index < -0.39 is 11.9 Å². The molecule has 2 aliphatic carbocycles. The molecule has 5 rings (SSSR count). The molecule has 7 nitrogen and oxygen atoms in total. The molecule has 0 aromatic rings. The number of aliphatic hydroxyl groups is 1. The molecule has 7 atom stereocenters. The Balaban J connectivity index is 1.09. The smallest absolute Gasteiger partial charge is 0.171 e. The lowest BCUT2D eigenvalue weighted by Crippen LogP contribution is -2.45. The van der Waals surface area contributed by atoms with E-state index in [9.17, 15) is 5.11 Å². The van der Waals surface area contributed by atoms with Crippen molar-refractivity contribution in [2.24, 2.45) is 5.92 Å². The fourth-order valence-corrected chi connectivity index (χ4v) is 7.62. The zero-order chi connectivity index (χ0) is 25.7. The number of hydrogen-bond acceptors (Lipinski definition) is 7. The van der Waals surface area contributed by atoms with Crippen molar-refractivity contribution >= 4 is 15.9 Å². The summed E-state index contributed by atoms with van der Waals surface area (Å²) in [6.45, 7) is 5.04. The minimum absolute atomic E-state index is 0.00865. The van der Waals surface area contributed by atoms with Crippen LogP contribution >= 0.6 is 15.9 Å². The summed E-state index contributed by atoms with van der Waals surface area (Å²) in [5.74, 6) is 0.0524. The van der Waals surface area contributed by atoms with Crippen LogP contribution in [0.4, 0.5) is 0 Å². The molecular weight excluding hydrogens is 540 g/mol. The van der Waals surface area contributed by atoms with Crippen LogP contribution in [-0.4, -0.2) is 73.6 Å². The Labute approximate surface area is 231 Å². The summed E-state index contributed by atoms with van der Waals surface area (Å²) < 4.78 is 37.8. The second-order valence-electron chi connectivity index (χ2n) is 11.9. The number of halogens is 1. The molecule has 3 unspecified atom stereocenters. The molecule has 1 N–H and O–H groups in total. The van der Waals surface area contributed by atoms with E-state index >= 15 is 0 Å². The second-order valence-corrected chi connectivity index (χ2v) is 12.8. The van der Waals surface area contributed by atoms with E-state index in [1.165, 1.54) is 19.3 Å². The van der Waals surface area contributed by atoms with Crippen molar-refractivity contribution in [3.05, 3.63) is 10.6 Å². The van der Waals surface area contributed by atoms with Crippen LogP contribution in [0, 0.1) is 5.92 Å². The molecule has 5 aliphatic rings. The Kier molecular flexibility index (Phi) is 10.1. The summed E-state index contributed by atoms with van der Waals surface area (Å²) in [5, 5.41) is 10.8. The monoisotopic (exact) mass is 586 g/mol. The van der Waals surface area contributed by atoms with Crippen molar-refractivity contribution in [3.63, 3.8) is 0 Å². The van der Waals surface area contributed by atoms with E-state index in [0.29, 0.717) is 25.6 Å². The van der Waals surface area contributed by atoms with Gasteiger partial charge in [0.15, 0.2) is 12.1 Å². The first kappa shape index (κ1) is 28.5. The molecule has 0 aromatic heterocycles. The number of hydrogen-bond donors (Lipinski definition) is 1. The Bertz CT molecular complexity index is 751. The molecule has 3 aliphatic heterocycles. The van der Waals surface area contributed by atoms with E-state index in [1.54, 1.807) is 0 Å². The minimum atomic E-state index is -0.531. The minimum Gasteiger partial charge on any atom is -0.388 e. The van der Waals surface area contributed by atoms with Crippen LogP contribution in [0.25, 0.3) is 0 Å². The molecule has 212 valence electrons. The summed E-state index contributed by atoms with van der Waals surface area (Å²) in [7, 11) is 0. The van der Waals surface area contributed by atoms with Gasteiger partial charge in [0.05, 0.1) is 37.1 Å². The van der Waals surface area contributed by atoms with Gasteiger partial charge in [-0.25, -0.2) is 0 Å². The molecule has 0 radical (unpaired) electrons. The van der Waals surface area contributed by atoms with E-state index in [1.807, 2.05) is 0 Å². The van der Waals surface area contributed by atoms with Gasteiger partial charge in [0.25, 0.3) is 0 Å². The quantitative estimate of drug-likeness (QED) is 0.308. The molecule has 5 fully saturated rings. The Hall–Kier alpha value is -0.0600. The molecule has 3 saturated heterocycles. The van der Waals surface area contributed by atoms with Crippen LogP contribution in [0.5, 0.6) is 0 Å². The van der Waals surface area contributed by atoms with Crippen LogP contribution in [-0.2, 0) is 28.4 Å². The van der Waals surface area contributed by atoms with Crippen LogP contribution in [0.2, 0.25) is 0 Å². The first-order valence-electron chi connectivity index (χ1n) is 14.9. The number of aliphatic hydroxyl groups excluding tert-OH is 1. The summed E-state index contributed by atoms with van der Waals surface area (Å²) in [4.78, 5) is 0. The van der Waals surface area contributed by atoms with Gasteiger partial charge in [-0.1, -0.05) is 35.2 Å². The average molecular weight is 588 g/mol. The maximum absolute atomic E-state index is 10.8. The highest BCUT2D eigenvalue weighted by atomic mass is 79.9. The Morgan fingerprint density at radius 1 is 1.00 bits per heavy atom. The van der Waals surface area contributed by atoms with Gasteiger partial charge in [-0.2, -0.15) is 0 Å². The molecule has 1 spiro atoms. The van der Waals surface area contributed by atoms with E-state index in [2.05, 4.69) is 28.9 Å². The molecular formula is C29H47BrO7. The SMILES string of the molecule is CC(CCCCC(O)C(Br)=C[C@@H]1OCCC[C@H]1O[C@]12CCC[C@@H]1CC1(C2)OCCO1)OC1CCCCO1. The highest BCUT2D eigenvalue weighted by molar-refractivity contribution is 9.11. The topological polar surface area (TPSA) is 75.6 Å². The Morgan fingerprint density at radius 2 is 1.81 bits per heavy atom. The van der Waals surface area contributed by atoms with Crippen molar-refractivity contribution in [1.29, 1.82) is 0 Å². The predicted molar refractivity (Wildman–Crippen MR) is 143 cm³/mol. The Morgan fingerprint density at radius 3 is 2.62 bits per heavy atom. The summed E-state index contributed by atoms with van der Waals surface area (Å²) in [6.07, 6.45) is 15.7. The van der Waals surface area contributed by atoms with Crippen molar-refractivity contribution in [1.82, 2.24) is 0 Å². The van der Waals surface area contributed by atoms with Gasteiger partial charge < -0.3 is 33.5 Å². The van der Waals surface area contributed by atoms with Gasteiger partial charge in [0.1, 0.15) is 6.10 Å². The van der Waals surface area contributed by atoms with E-state index in [4.69, 9.17) is 28.4 Å². The number of ether oxygens (including phenoxy) is 6. The molecule has 8 heteroatoms. The van der Waals surface area contributed by atoms with Gasteiger partial charge in [0.2, 0.25) is 0 Å². The van der Waals surface area contributed by atoms with Gasteiger partial charge in [-0.05, 0) is 76.7 Å². The lowest BCUT2D eigenvalue weighted by molar-refractivity contribution is -0.193. The van der Waals surface area contributed by atoms with Crippen molar-refractivity contribution in [2.45, 2.75) is 139 Å². The molecule has 0 amide bonds. The summed E-state index contributed by atoms with van der Waals surface area (Å²) in [5.41, 5.74) is -0.172. The van der Waals surface area contributed by atoms with Crippen molar-refractivity contribution in [3.8, 4) is 0 Å². The zero-order valence-corrected chi connectivity index (χ0v) is 24.1. The normalized spacial score (nSPS) is 37.6. The molecule has 0 aromatic carbocycles. The maximum Gasteiger partial charge on any atom is 0.171 e. The number of rotatable bonds is 11. The van der Waals surface area contributed by atoms with Gasteiger partial charge in [-0.3, -0.25) is 0 Å². The van der Waals surface area contributed by atoms with E-state index in [-0.39, 0.29) is 30.2 Å². The first-order valence-corrected chi connectivity index (χ1v) is 15.7. The number of unbranched alkanes of at least 4 members (excludes halogenated alkanes) is 1. The molecule has 2 saturated carbocycles. The van der Waals surface area contributed by atoms with Gasteiger partial charge >= 0.3 is 0 Å². The second kappa shape index (κ2) is 13.1. The third-order valence-corrected chi connectivity index (χ3v) is 9.83. The van der Waals surface area contributed by atoms with Crippen LogP contribution in [0.15, 0.2) is 10.6 Å². The third kappa shape index (κ3) is 7.18. The van der Waals surface area contributed by atoms with Gasteiger partial charge in [-0.15, -0.1) is 0 Å². The summed E-state index contributed by atoms with van der Waals surface area (Å²) in [6, 6.07) is 0.